The van der Waals surface area contributed by atoms with Gasteiger partial charge in [0.1, 0.15) is 15.8 Å². The van der Waals surface area contributed by atoms with E-state index in [1.165, 1.54) is 0 Å². The molecule has 0 aliphatic heterocycles. The van der Waals surface area contributed by atoms with Gasteiger partial charge in [0.25, 0.3) is 0 Å². The number of hydrogen-bond acceptors (Lipinski definition) is 3. The highest BCUT2D eigenvalue weighted by molar-refractivity contribution is 6.46. The van der Waals surface area contributed by atoms with Crippen LogP contribution in [0.25, 0.3) is 0 Å². The minimum Gasteiger partial charge on any atom is -0.506 e. The van der Waals surface area contributed by atoms with Crippen LogP contribution in [0, 0.1) is 0 Å². The number of aromatic hydroxyl groups is 2. The van der Waals surface area contributed by atoms with Crippen LogP contribution in [0.4, 0.5) is 0 Å². The fourth-order valence-electron chi connectivity index (χ4n) is 0.996. The minimum atomic E-state index is -1.22. The van der Waals surface area contributed by atoms with Gasteiger partial charge in [-0.25, -0.2) is 0 Å². The molecule has 82 valence electrons. The third-order valence-electron chi connectivity index (χ3n) is 1.70. The fourth-order valence-corrected chi connectivity index (χ4v) is 1.68. The van der Waals surface area contributed by atoms with E-state index < -0.39 is 23.9 Å². The summed E-state index contributed by atoms with van der Waals surface area (Å²) in [6.07, 6.45) is -0.560. The van der Waals surface area contributed by atoms with Crippen molar-refractivity contribution in [2.75, 3.05) is 0 Å². The number of carboxylic acid groups (broad SMARTS) is 1. The summed E-state index contributed by atoms with van der Waals surface area (Å²) in [5.41, 5.74) is -0.170. The first-order valence-corrected chi connectivity index (χ1v) is 4.78. The molecule has 0 aliphatic rings. The van der Waals surface area contributed by atoms with Crippen molar-refractivity contribution in [2.24, 2.45) is 0 Å². The molecule has 0 radical (unpaired) electrons. The smallest absolute Gasteiger partial charge is 0.308 e. The highest BCUT2D eigenvalue weighted by Crippen LogP contribution is 2.46. The Morgan fingerprint density at radius 3 is 1.93 bits per heavy atom. The molecule has 0 spiro atoms. The molecule has 0 aromatic heterocycles. The average molecular weight is 271 g/mol. The summed E-state index contributed by atoms with van der Waals surface area (Å²) < 4.78 is 0. The van der Waals surface area contributed by atoms with Crippen LogP contribution in [0.15, 0.2) is 0 Å². The summed E-state index contributed by atoms with van der Waals surface area (Å²) in [6.45, 7) is 0. The molecule has 0 amide bonds. The highest BCUT2D eigenvalue weighted by atomic mass is 35.5. The van der Waals surface area contributed by atoms with E-state index >= 15 is 0 Å². The van der Waals surface area contributed by atoms with Crippen LogP contribution >= 0.6 is 34.8 Å². The first-order chi connectivity index (χ1) is 6.86. The van der Waals surface area contributed by atoms with Crippen LogP contribution in [0.1, 0.15) is 5.56 Å². The van der Waals surface area contributed by atoms with E-state index in [1.54, 1.807) is 0 Å². The Balaban J connectivity index is 3.45. The van der Waals surface area contributed by atoms with Crippen molar-refractivity contribution in [1.82, 2.24) is 0 Å². The zero-order valence-electron chi connectivity index (χ0n) is 7.09. The van der Waals surface area contributed by atoms with Crippen molar-refractivity contribution in [2.45, 2.75) is 6.42 Å². The van der Waals surface area contributed by atoms with E-state index in [-0.39, 0.29) is 20.6 Å². The number of phenolic OH excluding ortho intramolecular Hbond substituents is 2. The molecule has 0 fully saturated rings. The quantitative estimate of drug-likeness (QED) is 0.571. The standard InChI is InChI=1S/C8H5Cl3O4/c9-4-2(1-3(12)13)7(14)5(10)6(11)8(4)15/h14-15H,1H2,(H,12,13). The zero-order valence-corrected chi connectivity index (χ0v) is 9.36. The number of hydrogen-bond donors (Lipinski definition) is 3. The predicted octanol–water partition coefficient (Wildman–Crippen LogP) is 2.69. The number of rotatable bonds is 2. The van der Waals surface area contributed by atoms with Gasteiger partial charge in [-0.05, 0) is 0 Å². The molecule has 1 aromatic carbocycles. The van der Waals surface area contributed by atoms with Gasteiger partial charge in [0.15, 0.2) is 5.75 Å². The predicted molar refractivity (Wildman–Crippen MR) is 56.1 cm³/mol. The van der Waals surface area contributed by atoms with E-state index in [9.17, 15) is 15.0 Å². The second-order valence-electron chi connectivity index (χ2n) is 2.69. The maximum absolute atomic E-state index is 10.5. The van der Waals surface area contributed by atoms with Crippen molar-refractivity contribution in [3.8, 4) is 11.5 Å². The highest BCUT2D eigenvalue weighted by Gasteiger charge is 2.21. The van der Waals surface area contributed by atoms with Crippen LogP contribution < -0.4 is 0 Å². The summed E-state index contributed by atoms with van der Waals surface area (Å²) in [7, 11) is 0. The van der Waals surface area contributed by atoms with Gasteiger partial charge in [0, 0.05) is 5.56 Å². The van der Waals surface area contributed by atoms with Crippen LogP contribution in [0.2, 0.25) is 15.1 Å². The number of halogens is 3. The van der Waals surface area contributed by atoms with E-state index in [0.29, 0.717) is 0 Å². The molecule has 0 atom stereocenters. The zero-order chi connectivity index (χ0) is 11.7. The van der Waals surface area contributed by atoms with Gasteiger partial charge in [-0.2, -0.15) is 0 Å². The molecule has 0 saturated carbocycles. The summed E-state index contributed by atoms with van der Waals surface area (Å²) in [5, 5.41) is 26.4. The monoisotopic (exact) mass is 270 g/mol. The summed E-state index contributed by atoms with van der Waals surface area (Å²) in [6, 6.07) is 0. The van der Waals surface area contributed by atoms with E-state index in [0.717, 1.165) is 0 Å². The van der Waals surface area contributed by atoms with Gasteiger partial charge < -0.3 is 15.3 Å². The maximum Gasteiger partial charge on any atom is 0.308 e. The summed E-state index contributed by atoms with van der Waals surface area (Å²) >= 11 is 16.7. The normalized spacial score (nSPS) is 10.3. The molecule has 0 aliphatic carbocycles. The number of phenols is 2. The molecule has 1 rings (SSSR count). The molecular formula is C8H5Cl3O4. The van der Waals surface area contributed by atoms with Crippen molar-refractivity contribution in [3.05, 3.63) is 20.6 Å². The van der Waals surface area contributed by atoms with Gasteiger partial charge in [-0.15, -0.1) is 0 Å². The first-order valence-electron chi connectivity index (χ1n) is 3.65. The van der Waals surface area contributed by atoms with Crippen molar-refractivity contribution in [1.29, 1.82) is 0 Å². The van der Waals surface area contributed by atoms with E-state index in [2.05, 4.69) is 0 Å². The van der Waals surface area contributed by atoms with Gasteiger partial charge in [0.05, 0.1) is 11.4 Å². The largest absolute Gasteiger partial charge is 0.506 e. The minimum absolute atomic E-state index is 0.170. The van der Waals surface area contributed by atoms with Gasteiger partial charge in [0.2, 0.25) is 0 Å². The second-order valence-corrected chi connectivity index (χ2v) is 3.82. The lowest BCUT2D eigenvalue weighted by Crippen LogP contribution is -2.01. The Kier molecular flexibility index (Phi) is 3.54. The summed E-state index contributed by atoms with van der Waals surface area (Å²) in [4.78, 5) is 10.5. The van der Waals surface area contributed by atoms with E-state index in [4.69, 9.17) is 39.9 Å². The Morgan fingerprint density at radius 1 is 1.00 bits per heavy atom. The molecule has 0 bridgehead atoms. The molecular weight excluding hydrogens is 266 g/mol. The first kappa shape index (κ1) is 12.2. The van der Waals surface area contributed by atoms with Crippen molar-refractivity contribution in [3.63, 3.8) is 0 Å². The maximum atomic E-state index is 10.5. The number of benzene rings is 1. The Bertz CT molecular complexity index is 401. The molecule has 0 unspecified atom stereocenters. The lowest BCUT2D eigenvalue weighted by Gasteiger charge is -2.10. The van der Waals surface area contributed by atoms with Crippen LogP contribution in [-0.4, -0.2) is 21.3 Å². The lowest BCUT2D eigenvalue weighted by molar-refractivity contribution is -0.136. The molecule has 3 N–H and O–H groups in total. The molecule has 15 heavy (non-hydrogen) atoms. The third-order valence-corrected chi connectivity index (χ3v) is 2.94. The summed E-state index contributed by atoms with van der Waals surface area (Å²) in [5.74, 6) is -2.30. The number of carbonyl (C=O) groups is 1. The lowest BCUT2D eigenvalue weighted by atomic mass is 10.1. The Labute approximate surface area is 99.6 Å². The topological polar surface area (TPSA) is 77.8 Å². The van der Waals surface area contributed by atoms with Crippen LogP contribution in [-0.2, 0) is 11.2 Å². The van der Waals surface area contributed by atoms with E-state index in [1.807, 2.05) is 0 Å². The molecule has 1 aromatic rings. The van der Waals surface area contributed by atoms with Crippen LogP contribution in [0.3, 0.4) is 0 Å². The second kappa shape index (κ2) is 4.35. The average Bonchev–Trinajstić information content (AvgIpc) is 2.18. The Morgan fingerprint density at radius 2 is 1.47 bits per heavy atom. The number of carboxylic acids is 1. The number of aliphatic carboxylic acids is 1. The molecule has 4 nitrogen and oxygen atoms in total. The van der Waals surface area contributed by atoms with Gasteiger partial charge in [-0.1, -0.05) is 34.8 Å². The van der Waals surface area contributed by atoms with Crippen LogP contribution in [0.5, 0.6) is 11.5 Å². The molecule has 0 saturated heterocycles. The van der Waals surface area contributed by atoms with Gasteiger partial charge in [-0.3, -0.25) is 4.79 Å². The third kappa shape index (κ3) is 2.22. The van der Waals surface area contributed by atoms with Crippen molar-refractivity contribution < 1.29 is 20.1 Å². The molecule has 7 heteroatoms. The SMILES string of the molecule is O=C(O)Cc1c(O)c(Cl)c(Cl)c(O)c1Cl. The molecule has 0 heterocycles. The van der Waals surface area contributed by atoms with Gasteiger partial charge >= 0.3 is 5.97 Å². The Hall–Kier alpha value is -0.840. The van der Waals surface area contributed by atoms with Crippen molar-refractivity contribution >= 4 is 40.8 Å². The fraction of sp³-hybridized carbons (Fsp3) is 0.125.